The van der Waals surface area contributed by atoms with E-state index in [1.807, 2.05) is 6.26 Å². The molecule has 49 heavy (non-hydrogen) atoms. The average Bonchev–Trinajstić information content (AvgIpc) is 3.53. The number of ether oxygens (including phenoxy) is 4. The number of aliphatic hydroxyl groups is 3. The molecule has 17 atom stereocenters. The number of hydrogen-bond acceptors (Lipinski definition) is 10. The van der Waals surface area contributed by atoms with Gasteiger partial charge in [0, 0.05) is 12.3 Å². The molecule has 0 aromatic rings. The Labute approximate surface area is 297 Å². The van der Waals surface area contributed by atoms with Crippen molar-refractivity contribution in [2.45, 2.75) is 147 Å². The monoisotopic (exact) mass is 706 g/mol. The molecule has 3 heterocycles. The fourth-order valence-corrected chi connectivity index (χ4v) is 12.4. The van der Waals surface area contributed by atoms with Gasteiger partial charge in [-0.05, 0) is 110 Å². The minimum absolute atomic E-state index is 0.104. The fourth-order valence-electron chi connectivity index (χ4n) is 11.9. The van der Waals surface area contributed by atoms with E-state index in [1.165, 1.54) is 24.8 Å². The van der Waals surface area contributed by atoms with E-state index in [2.05, 4.69) is 39.1 Å². The number of fused-ring (bicyclic) bond motifs is 7. The van der Waals surface area contributed by atoms with Crippen LogP contribution in [0, 0.1) is 46.3 Å². The van der Waals surface area contributed by atoms with E-state index in [-0.39, 0.29) is 22.7 Å². The Hall–Kier alpha value is -0.760. The summed E-state index contributed by atoms with van der Waals surface area (Å²) in [4.78, 5) is 13.0. The van der Waals surface area contributed by atoms with E-state index < -0.39 is 49.2 Å². The van der Waals surface area contributed by atoms with Gasteiger partial charge in [0.05, 0.1) is 31.5 Å². The summed E-state index contributed by atoms with van der Waals surface area (Å²) >= 11 is 1.61. The maximum Gasteiger partial charge on any atom is 0.237 e. The molecule has 278 valence electrons. The third kappa shape index (κ3) is 6.16. The van der Waals surface area contributed by atoms with Crippen molar-refractivity contribution in [3.05, 3.63) is 11.6 Å². The van der Waals surface area contributed by atoms with E-state index in [9.17, 15) is 20.1 Å². The maximum atomic E-state index is 13.0. The van der Waals surface area contributed by atoms with Gasteiger partial charge in [0.25, 0.3) is 0 Å². The molecule has 0 aromatic carbocycles. The first-order valence-corrected chi connectivity index (χ1v) is 20.6. The van der Waals surface area contributed by atoms with Crippen LogP contribution in [0.2, 0.25) is 0 Å². The summed E-state index contributed by atoms with van der Waals surface area (Å²) in [5, 5.41) is 34.4. The van der Waals surface area contributed by atoms with Crippen LogP contribution in [0.3, 0.4) is 0 Å². The van der Waals surface area contributed by atoms with Gasteiger partial charge in [0.15, 0.2) is 12.1 Å². The number of carbonyl (C=O) groups excluding carboxylic acids is 1. The highest BCUT2D eigenvalue weighted by Gasteiger charge is 2.68. The Morgan fingerprint density at radius 2 is 1.94 bits per heavy atom. The third-order valence-electron chi connectivity index (χ3n) is 14.8. The Kier molecular flexibility index (Phi) is 10.4. The molecular formula is C38H62N2O8S. The van der Waals surface area contributed by atoms with Gasteiger partial charge in [-0.15, -0.1) is 0 Å². The molecule has 3 saturated carbocycles. The smallest absolute Gasteiger partial charge is 0.237 e. The summed E-state index contributed by atoms with van der Waals surface area (Å²) in [6, 6.07) is -1.76. The average molecular weight is 707 g/mol. The zero-order chi connectivity index (χ0) is 34.9. The maximum absolute atomic E-state index is 13.0. The van der Waals surface area contributed by atoms with Gasteiger partial charge in [-0.25, -0.2) is 0 Å². The van der Waals surface area contributed by atoms with Gasteiger partial charge in [0.1, 0.15) is 24.4 Å². The van der Waals surface area contributed by atoms with Crippen molar-refractivity contribution in [1.29, 1.82) is 0 Å². The fraction of sp³-hybridized carbons (Fsp3) is 0.921. The second kappa shape index (κ2) is 13.9. The number of allylic oxidation sites excluding steroid dienone is 1. The van der Waals surface area contributed by atoms with E-state index in [0.29, 0.717) is 48.0 Å². The lowest BCUT2D eigenvalue weighted by molar-refractivity contribution is -0.284. The van der Waals surface area contributed by atoms with E-state index in [1.54, 1.807) is 11.8 Å². The second-order valence-corrected chi connectivity index (χ2v) is 18.4. The number of hydrogen-bond donors (Lipinski definition) is 5. The third-order valence-corrected chi connectivity index (χ3v) is 15.5. The van der Waals surface area contributed by atoms with Crippen LogP contribution in [0.4, 0.5) is 0 Å². The van der Waals surface area contributed by atoms with Crippen LogP contribution in [-0.2, 0) is 23.7 Å². The van der Waals surface area contributed by atoms with Crippen molar-refractivity contribution >= 4 is 17.7 Å². The predicted molar refractivity (Wildman–Crippen MR) is 187 cm³/mol. The zero-order valence-corrected chi connectivity index (χ0v) is 31.0. The lowest BCUT2D eigenvalue weighted by Crippen LogP contribution is -2.66. The van der Waals surface area contributed by atoms with Gasteiger partial charge in [-0.3, -0.25) is 4.79 Å². The molecule has 6 N–H and O–H groups in total. The Balaban J connectivity index is 1.04. The molecule has 10 nitrogen and oxygen atoms in total. The molecule has 11 heteroatoms. The largest absolute Gasteiger partial charge is 0.394 e. The summed E-state index contributed by atoms with van der Waals surface area (Å²) in [6.07, 6.45) is 9.81. The van der Waals surface area contributed by atoms with Crippen molar-refractivity contribution in [2.24, 2.45) is 52.1 Å². The summed E-state index contributed by atoms with van der Waals surface area (Å²) in [5.41, 5.74) is 7.95. The summed E-state index contributed by atoms with van der Waals surface area (Å²) in [6.45, 7) is 10.1. The van der Waals surface area contributed by atoms with Crippen molar-refractivity contribution in [1.82, 2.24) is 5.32 Å². The topological polar surface area (TPSA) is 153 Å². The number of nitrogens with one attached hydrogen (secondary N) is 1. The van der Waals surface area contributed by atoms with Gasteiger partial charge in [-0.2, -0.15) is 11.8 Å². The zero-order valence-electron chi connectivity index (χ0n) is 30.2. The van der Waals surface area contributed by atoms with Crippen molar-refractivity contribution in [3.63, 3.8) is 0 Å². The molecule has 4 aliphatic carbocycles. The molecule has 0 bridgehead atoms. The van der Waals surface area contributed by atoms with Crippen LogP contribution in [0.5, 0.6) is 0 Å². The van der Waals surface area contributed by atoms with Crippen LogP contribution in [0.15, 0.2) is 11.6 Å². The van der Waals surface area contributed by atoms with Crippen LogP contribution in [0.1, 0.15) is 91.9 Å². The molecule has 1 amide bonds. The first kappa shape index (κ1) is 36.6. The standard InChI is InChI=1S/C38H62N2O8S/c1-20-8-14-38(45-19-20)21(2)30-28(48-38)17-26-24-7-6-22-16-23(9-12-36(22,3)25(24)10-13-37(26,30)4)46-35-31(33(43)32(42)29(18-41)47-35)40-34(44)27(39)11-15-49-5/h6,20-21,23-33,35,41-43H,7-19,39H2,1-5H3,(H,40,44)/t20-,21+,23+,24-,25+,26+,27+,28+,29-,30+,31-,32-,33-,35-,36+,37+,38-/m1/s1. The molecule has 6 fully saturated rings. The molecule has 1 spiro atoms. The first-order chi connectivity index (χ1) is 23.3. The van der Waals surface area contributed by atoms with E-state index >= 15 is 0 Å². The molecule has 7 aliphatic rings. The quantitative estimate of drug-likeness (QED) is 0.236. The highest BCUT2D eigenvalue weighted by Crippen LogP contribution is 2.70. The van der Waals surface area contributed by atoms with Crippen molar-refractivity contribution in [3.8, 4) is 0 Å². The Morgan fingerprint density at radius 3 is 2.65 bits per heavy atom. The number of thioether (sulfide) groups is 1. The first-order valence-electron chi connectivity index (χ1n) is 19.2. The molecule has 3 saturated heterocycles. The van der Waals surface area contributed by atoms with Crippen LogP contribution >= 0.6 is 11.8 Å². The van der Waals surface area contributed by atoms with Crippen molar-refractivity contribution in [2.75, 3.05) is 25.2 Å². The summed E-state index contributed by atoms with van der Waals surface area (Å²) in [7, 11) is 0. The predicted octanol–water partition coefficient (Wildman–Crippen LogP) is 3.74. The number of rotatable bonds is 8. The normalized spacial score (nSPS) is 51.3. The SMILES string of the molecule is CSCC[C@H](N)C(=O)N[C@H]1[C@H](O[C@H]2CC[C@@]3(C)C(=CC[C@H]4[C@@H]5C[C@@H]6O[C@]7(CC[C@@H](C)CO7)[C@@H](C)[C@@H]6[C@@]5(C)CC[C@@H]43)C2)O[C@H](CO)[C@@H](O)[C@@H]1O. The Morgan fingerprint density at radius 1 is 1.14 bits per heavy atom. The molecule has 0 aromatic heterocycles. The van der Waals surface area contributed by atoms with Crippen LogP contribution < -0.4 is 11.1 Å². The highest BCUT2D eigenvalue weighted by atomic mass is 32.2. The number of aliphatic hydroxyl groups excluding tert-OH is 3. The van der Waals surface area contributed by atoms with Crippen LogP contribution in [0.25, 0.3) is 0 Å². The lowest BCUT2D eigenvalue weighted by atomic mass is 9.47. The van der Waals surface area contributed by atoms with E-state index in [0.717, 1.165) is 50.9 Å². The highest BCUT2D eigenvalue weighted by molar-refractivity contribution is 7.98. The van der Waals surface area contributed by atoms with Gasteiger partial charge in [-0.1, -0.05) is 39.3 Å². The minimum atomic E-state index is -1.37. The van der Waals surface area contributed by atoms with E-state index in [4.69, 9.17) is 24.7 Å². The minimum Gasteiger partial charge on any atom is -0.394 e. The van der Waals surface area contributed by atoms with Gasteiger partial charge < -0.3 is 45.3 Å². The summed E-state index contributed by atoms with van der Waals surface area (Å²) in [5.74, 6) is 3.43. The van der Waals surface area contributed by atoms with Gasteiger partial charge in [0.2, 0.25) is 5.91 Å². The van der Waals surface area contributed by atoms with Gasteiger partial charge >= 0.3 is 0 Å². The van der Waals surface area contributed by atoms with Crippen LogP contribution in [-0.4, -0.2) is 101 Å². The Bertz CT molecular complexity index is 1250. The molecule has 3 aliphatic heterocycles. The molecule has 0 unspecified atom stereocenters. The second-order valence-electron chi connectivity index (χ2n) is 17.4. The molecule has 7 rings (SSSR count). The number of carbonyl (C=O) groups is 1. The molecular weight excluding hydrogens is 644 g/mol. The number of amides is 1. The molecule has 0 radical (unpaired) electrons. The summed E-state index contributed by atoms with van der Waals surface area (Å²) < 4.78 is 26.1. The lowest BCUT2D eigenvalue weighted by Gasteiger charge is -2.58. The number of nitrogens with two attached hydrogens (primary N) is 1. The van der Waals surface area contributed by atoms with Crippen molar-refractivity contribution < 1.29 is 39.1 Å².